The van der Waals surface area contributed by atoms with E-state index in [1.54, 1.807) is 15.9 Å². The smallest absolute Gasteiger partial charge is 0.241 e. The lowest BCUT2D eigenvalue weighted by Gasteiger charge is -2.45. The van der Waals surface area contributed by atoms with Gasteiger partial charge in [0.25, 0.3) is 0 Å². The van der Waals surface area contributed by atoms with E-state index in [0.29, 0.717) is 32.5 Å². The first kappa shape index (κ1) is 23.4. The molecule has 2 fully saturated rings. The third kappa shape index (κ3) is 4.00. The number of carbonyl (C=O) groups is 1. The van der Waals surface area contributed by atoms with Crippen LogP contribution in [-0.2, 0) is 4.79 Å². The summed E-state index contributed by atoms with van der Waals surface area (Å²) in [6.07, 6.45) is 2.55. The number of rotatable bonds is 4. The fourth-order valence-electron chi connectivity index (χ4n) is 4.05. The normalized spacial score (nSPS) is 20.6. The number of piperidine rings is 1. The standard InChI is InChI=1S/C20H23F5N4OS/c1-4-7-29-18(30)16(10(2)3)27-20(29)5-8-28(9-6-20)19(31)26-17-14(24)12(22)11(21)13(23)15(17)25/h4,10,16,27H,1,5-9H2,2-3H3,(H,26,31). The Kier molecular flexibility index (Phi) is 6.56. The summed E-state index contributed by atoms with van der Waals surface area (Å²) >= 11 is 5.15. The molecule has 170 valence electrons. The number of anilines is 1. The maximum Gasteiger partial charge on any atom is 0.241 e. The topological polar surface area (TPSA) is 47.6 Å². The predicted molar refractivity (Wildman–Crippen MR) is 110 cm³/mol. The highest BCUT2D eigenvalue weighted by Gasteiger charge is 2.51. The van der Waals surface area contributed by atoms with Crippen molar-refractivity contribution in [3.63, 3.8) is 0 Å². The lowest BCUT2D eigenvalue weighted by Crippen LogP contribution is -2.60. The van der Waals surface area contributed by atoms with Gasteiger partial charge in [0.1, 0.15) is 5.69 Å². The summed E-state index contributed by atoms with van der Waals surface area (Å²) in [6, 6.07) is -0.343. The number of nitrogens with one attached hydrogen (secondary N) is 2. The number of likely N-dealkylation sites (tertiary alicyclic amines) is 1. The molecule has 1 atom stereocenters. The lowest BCUT2D eigenvalue weighted by molar-refractivity contribution is -0.133. The average molecular weight is 462 g/mol. The van der Waals surface area contributed by atoms with E-state index in [2.05, 4.69) is 17.2 Å². The van der Waals surface area contributed by atoms with Crippen LogP contribution in [0.5, 0.6) is 0 Å². The molecule has 1 aromatic carbocycles. The SMILES string of the molecule is C=CCN1C(=O)C(C(C)C)NC12CCN(C(=S)Nc1c(F)c(F)c(F)c(F)c1F)CC2. The van der Waals surface area contributed by atoms with Crippen molar-refractivity contribution in [1.82, 2.24) is 15.1 Å². The van der Waals surface area contributed by atoms with Crippen molar-refractivity contribution in [1.29, 1.82) is 0 Å². The van der Waals surface area contributed by atoms with E-state index in [9.17, 15) is 26.7 Å². The molecular weight excluding hydrogens is 439 g/mol. The molecular formula is C20H23F5N4OS. The quantitative estimate of drug-likeness (QED) is 0.236. The van der Waals surface area contributed by atoms with Crippen molar-refractivity contribution in [2.24, 2.45) is 5.92 Å². The van der Waals surface area contributed by atoms with Gasteiger partial charge in [0, 0.05) is 32.5 Å². The van der Waals surface area contributed by atoms with Gasteiger partial charge >= 0.3 is 0 Å². The number of amides is 1. The van der Waals surface area contributed by atoms with E-state index in [0.717, 1.165) is 0 Å². The second-order valence-corrected chi connectivity index (χ2v) is 8.38. The Hall–Kier alpha value is -2.27. The van der Waals surface area contributed by atoms with E-state index in [4.69, 9.17) is 12.2 Å². The van der Waals surface area contributed by atoms with Crippen LogP contribution in [0, 0.1) is 35.0 Å². The van der Waals surface area contributed by atoms with Gasteiger partial charge in [0.05, 0.1) is 11.7 Å². The molecule has 1 unspecified atom stereocenters. The molecule has 1 aromatic rings. The lowest BCUT2D eigenvalue weighted by atomic mass is 9.95. The van der Waals surface area contributed by atoms with E-state index in [1.165, 1.54) is 0 Å². The van der Waals surface area contributed by atoms with Crippen LogP contribution in [0.25, 0.3) is 0 Å². The fraction of sp³-hybridized carbons (Fsp3) is 0.500. The summed E-state index contributed by atoms with van der Waals surface area (Å²) in [5, 5.41) is 5.40. The van der Waals surface area contributed by atoms with Crippen molar-refractivity contribution in [3.05, 3.63) is 41.7 Å². The highest BCUT2D eigenvalue weighted by atomic mass is 32.1. The fourth-order valence-corrected chi connectivity index (χ4v) is 4.33. The Balaban J connectivity index is 1.75. The Morgan fingerprint density at radius 3 is 2.16 bits per heavy atom. The molecule has 11 heteroatoms. The Bertz CT molecular complexity index is 888. The van der Waals surface area contributed by atoms with E-state index >= 15 is 0 Å². The number of carbonyl (C=O) groups excluding carboxylic acids is 1. The highest BCUT2D eigenvalue weighted by molar-refractivity contribution is 7.80. The van der Waals surface area contributed by atoms with Gasteiger partial charge in [-0.15, -0.1) is 6.58 Å². The molecule has 0 aromatic heterocycles. The van der Waals surface area contributed by atoms with Crippen LogP contribution in [-0.4, -0.2) is 52.2 Å². The van der Waals surface area contributed by atoms with Crippen molar-refractivity contribution < 1.29 is 26.7 Å². The van der Waals surface area contributed by atoms with E-state index in [-0.39, 0.29) is 23.0 Å². The molecule has 1 amide bonds. The minimum Gasteiger partial charge on any atom is -0.349 e. The Labute approximate surface area is 182 Å². The first-order valence-corrected chi connectivity index (χ1v) is 10.2. The first-order valence-electron chi connectivity index (χ1n) is 9.81. The number of hydrogen-bond acceptors (Lipinski definition) is 3. The summed E-state index contributed by atoms with van der Waals surface area (Å²) in [7, 11) is 0. The van der Waals surface area contributed by atoms with Crippen LogP contribution < -0.4 is 10.6 Å². The van der Waals surface area contributed by atoms with E-state index in [1.807, 2.05) is 13.8 Å². The zero-order chi connectivity index (χ0) is 23.1. The molecule has 5 nitrogen and oxygen atoms in total. The number of halogens is 5. The molecule has 0 aliphatic carbocycles. The zero-order valence-electron chi connectivity index (χ0n) is 17.1. The minimum atomic E-state index is -2.23. The zero-order valence-corrected chi connectivity index (χ0v) is 17.9. The van der Waals surface area contributed by atoms with Gasteiger partial charge in [-0.05, 0) is 18.1 Å². The van der Waals surface area contributed by atoms with Crippen LogP contribution in [0.4, 0.5) is 27.6 Å². The molecule has 0 bridgehead atoms. The Morgan fingerprint density at radius 2 is 1.68 bits per heavy atom. The molecule has 31 heavy (non-hydrogen) atoms. The number of nitrogens with zero attached hydrogens (tertiary/aromatic N) is 2. The van der Waals surface area contributed by atoms with Gasteiger partial charge in [-0.1, -0.05) is 19.9 Å². The summed E-state index contributed by atoms with van der Waals surface area (Å²) in [5.41, 5.74) is -1.80. The van der Waals surface area contributed by atoms with Gasteiger partial charge in [-0.3, -0.25) is 10.1 Å². The van der Waals surface area contributed by atoms with E-state index < -0.39 is 40.4 Å². The molecule has 1 spiro atoms. The van der Waals surface area contributed by atoms with Crippen LogP contribution in [0.3, 0.4) is 0 Å². The van der Waals surface area contributed by atoms with Gasteiger partial charge in [0.2, 0.25) is 11.7 Å². The number of thiocarbonyl (C=S) groups is 1. The van der Waals surface area contributed by atoms with Crippen LogP contribution in [0.2, 0.25) is 0 Å². The van der Waals surface area contributed by atoms with Crippen molar-refractivity contribution in [2.45, 2.75) is 38.4 Å². The second-order valence-electron chi connectivity index (χ2n) is 8.00. The van der Waals surface area contributed by atoms with Crippen molar-refractivity contribution in [3.8, 4) is 0 Å². The van der Waals surface area contributed by atoms with Gasteiger partial charge in [0.15, 0.2) is 28.4 Å². The summed E-state index contributed by atoms with van der Waals surface area (Å²) in [6.45, 7) is 8.57. The van der Waals surface area contributed by atoms with Crippen molar-refractivity contribution in [2.75, 3.05) is 25.0 Å². The highest BCUT2D eigenvalue weighted by Crippen LogP contribution is 2.35. The predicted octanol–water partition coefficient (Wildman–Crippen LogP) is 3.51. The van der Waals surface area contributed by atoms with Gasteiger partial charge < -0.3 is 15.1 Å². The van der Waals surface area contributed by atoms with Gasteiger partial charge in [-0.2, -0.15) is 0 Å². The molecule has 3 rings (SSSR count). The monoisotopic (exact) mass is 462 g/mol. The molecule has 0 radical (unpaired) electrons. The third-order valence-electron chi connectivity index (χ3n) is 5.77. The molecule has 2 aliphatic heterocycles. The maximum atomic E-state index is 13.9. The molecule has 0 saturated carbocycles. The molecule has 2 heterocycles. The molecule has 2 N–H and O–H groups in total. The van der Waals surface area contributed by atoms with Crippen LogP contribution in [0.15, 0.2) is 12.7 Å². The van der Waals surface area contributed by atoms with Crippen LogP contribution >= 0.6 is 12.2 Å². The largest absolute Gasteiger partial charge is 0.349 e. The maximum absolute atomic E-state index is 13.9. The van der Waals surface area contributed by atoms with Crippen LogP contribution in [0.1, 0.15) is 26.7 Å². The van der Waals surface area contributed by atoms with Crippen molar-refractivity contribution >= 4 is 28.9 Å². The van der Waals surface area contributed by atoms with Gasteiger partial charge in [-0.25, -0.2) is 22.0 Å². The Morgan fingerprint density at radius 1 is 1.16 bits per heavy atom. The third-order valence-corrected chi connectivity index (χ3v) is 6.13. The summed E-state index contributed by atoms with van der Waals surface area (Å²) in [4.78, 5) is 16.1. The molecule has 2 saturated heterocycles. The first-order chi connectivity index (χ1) is 14.5. The number of hydrogen-bond donors (Lipinski definition) is 2. The number of benzene rings is 1. The summed E-state index contributed by atoms with van der Waals surface area (Å²) < 4.78 is 68.0. The minimum absolute atomic E-state index is 0.0227. The summed E-state index contributed by atoms with van der Waals surface area (Å²) in [5.74, 6) is -10.2. The second kappa shape index (κ2) is 8.70. The molecule has 2 aliphatic rings. The average Bonchev–Trinajstić information content (AvgIpc) is 3.01.